The molecule has 4 bridgehead atoms. The summed E-state index contributed by atoms with van der Waals surface area (Å²) in [5.74, 6) is 1.75. The van der Waals surface area contributed by atoms with Gasteiger partial charge in [-0.1, -0.05) is 22.9 Å². The smallest absolute Gasteiger partial charge is 0.233 e. The van der Waals surface area contributed by atoms with Gasteiger partial charge in [0.1, 0.15) is 0 Å². The van der Waals surface area contributed by atoms with E-state index < -0.39 is 0 Å². The third-order valence-corrected chi connectivity index (χ3v) is 6.90. The van der Waals surface area contributed by atoms with Crippen molar-refractivity contribution in [2.24, 2.45) is 17.3 Å². The second-order valence-corrected chi connectivity index (χ2v) is 9.11. The van der Waals surface area contributed by atoms with Crippen molar-refractivity contribution >= 4 is 33.4 Å². The van der Waals surface area contributed by atoms with E-state index in [0.717, 1.165) is 31.2 Å². The molecule has 108 valence electrons. The van der Waals surface area contributed by atoms with Crippen LogP contribution >= 0.6 is 27.5 Å². The molecular formula is C15H23BrClNO. The first-order valence-corrected chi connectivity index (χ1v) is 8.84. The van der Waals surface area contributed by atoms with Crippen molar-refractivity contribution in [3.63, 3.8) is 0 Å². The molecule has 3 atom stereocenters. The van der Waals surface area contributed by atoms with Crippen LogP contribution in [0.2, 0.25) is 0 Å². The number of halogens is 2. The van der Waals surface area contributed by atoms with Gasteiger partial charge in [-0.25, -0.2) is 0 Å². The molecule has 4 heteroatoms. The van der Waals surface area contributed by atoms with Gasteiger partial charge in [0.25, 0.3) is 0 Å². The summed E-state index contributed by atoms with van der Waals surface area (Å²) in [4.78, 5) is 12.0. The predicted octanol–water partition coefficient (Wildman–Crippen LogP) is 3.85. The van der Waals surface area contributed by atoms with Gasteiger partial charge in [-0.3, -0.25) is 4.79 Å². The monoisotopic (exact) mass is 347 g/mol. The lowest BCUT2D eigenvalue weighted by Crippen LogP contribution is -2.56. The average molecular weight is 349 g/mol. The molecule has 0 spiro atoms. The highest BCUT2D eigenvalue weighted by Gasteiger charge is 2.56. The number of alkyl halides is 2. The molecule has 2 nitrogen and oxygen atoms in total. The Bertz CT molecular complexity index is 372. The van der Waals surface area contributed by atoms with E-state index in [0.29, 0.717) is 5.41 Å². The van der Waals surface area contributed by atoms with E-state index in [1.165, 1.54) is 32.1 Å². The molecule has 1 N–H and O–H groups in total. The summed E-state index contributed by atoms with van der Waals surface area (Å²) in [6, 6.07) is 0. The molecule has 0 radical (unpaired) electrons. The van der Waals surface area contributed by atoms with Crippen molar-refractivity contribution in [3.8, 4) is 0 Å². The quantitative estimate of drug-likeness (QED) is 0.768. The Kier molecular flexibility index (Phi) is 3.66. The Morgan fingerprint density at radius 2 is 2.00 bits per heavy atom. The van der Waals surface area contributed by atoms with E-state index in [-0.39, 0.29) is 15.6 Å². The lowest BCUT2D eigenvalue weighted by molar-refractivity contribution is -0.122. The first-order chi connectivity index (χ1) is 8.94. The fourth-order valence-electron chi connectivity index (χ4n) is 5.11. The minimum absolute atomic E-state index is 0.0490. The minimum atomic E-state index is -0.0497. The number of hydrogen-bond donors (Lipinski definition) is 1. The van der Waals surface area contributed by atoms with E-state index in [9.17, 15) is 4.79 Å². The molecule has 0 aromatic carbocycles. The van der Waals surface area contributed by atoms with E-state index in [1.807, 2.05) is 6.92 Å². The summed E-state index contributed by atoms with van der Waals surface area (Å²) in [5, 5.41) is 3.16. The maximum Gasteiger partial charge on any atom is 0.233 e. The fraction of sp³-hybridized carbons (Fsp3) is 0.933. The first-order valence-electron chi connectivity index (χ1n) is 7.54. The molecule has 4 aliphatic carbocycles. The zero-order valence-corrected chi connectivity index (χ0v) is 13.9. The summed E-state index contributed by atoms with van der Waals surface area (Å²) < 4.78 is 0. The van der Waals surface area contributed by atoms with E-state index >= 15 is 0 Å². The molecule has 4 fully saturated rings. The van der Waals surface area contributed by atoms with E-state index in [2.05, 4.69) is 21.2 Å². The molecule has 4 aliphatic rings. The fourth-order valence-corrected chi connectivity index (χ4v) is 6.00. The zero-order valence-electron chi connectivity index (χ0n) is 11.6. The third kappa shape index (κ3) is 2.70. The number of nitrogens with one attached hydrogen (secondary N) is 1. The van der Waals surface area contributed by atoms with Gasteiger partial charge >= 0.3 is 0 Å². The SMILES string of the molecule is CCC(Br)C(=O)NCC12CC3CC(CC(Cl)(C3)C1)C2. The normalized spacial score (nSPS) is 45.2. The Labute approximate surface area is 129 Å². The highest BCUT2D eigenvalue weighted by molar-refractivity contribution is 9.10. The minimum Gasteiger partial charge on any atom is -0.355 e. The lowest BCUT2D eigenvalue weighted by Gasteiger charge is -2.60. The molecule has 3 unspecified atom stereocenters. The molecule has 4 rings (SSSR count). The summed E-state index contributed by atoms with van der Waals surface area (Å²) in [7, 11) is 0. The lowest BCUT2D eigenvalue weighted by atomic mass is 9.49. The van der Waals surface area contributed by atoms with Crippen LogP contribution in [0.25, 0.3) is 0 Å². The molecule has 0 aliphatic heterocycles. The highest BCUT2D eigenvalue weighted by atomic mass is 79.9. The Morgan fingerprint density at radius 1 is 1.37 bits per heavy atom. The summed E-state index contributed by atoms with van der Waals surface area (Å²) in [6.07, 6.45) is 8.28. The molecule has 19 heavy (non-hydrogen) atoms. The molecule has 4 saturated carbocycles. The van der Waals surface area contributed by atoms with Gasteiger partial charge in [-0.15, -0.1) is 11.6 Å². The molecule has 0 saturated heterocycles. The largest absolute Gasteiger partial charge is 0.355 e. The van der Waals surface area contributed by atoms with Crippen LogP contribution in [0.5, 0.6) is 0 Å². The number of amides is 1. The van der Waals surface area contributed by atoms with Crippen LogP contribution < -0.4 is 5.32 Å². The van der Waals surface area contributed by atoms with Crippen molar-refractivity contribution < 1.29 is 4.79 Å². The van der Waals surface area contributed by atoms with Gasteiger partial charge in [0, 0.05) is 11.4 Å². The Balaban J connectivity index is 1.66. The number of carbonyl (C=O) groups is 1. The van der Waals surface area contributed by atoms with Gasteiger partial charge in [0.2, 0.25) is 5.91 Å². The van der Waals surface area contributed by atoms with Gasteiger partial charge in [-0.2, -0.15) is 0 Å². The third-order valence-electron chi connectivity index (χ3n) is 5.39. The van der Waals surface area contributed by atoms with Gasteiger partial charge in [-0.05, 0) is 62.2 Å². The maximum absolute atomic E-state index is 12.0. The predicted molar refractivity (Wildman–Crippen MR) is 81.7 cm³/mol. The number of carbonyl (C=O) groups excluding carboxylic acids is 1. The standard InChI is InChI=1S/C15H23BrClNO/c1-2-12(16)13(19)18-9-14-4-10-3-11(5-14)7-15(17,6-10)8-14/h10-12H,2-9H2,1H3,(H,18,19). The second-order valence-electron chi connectivity index (χ2n) is 7.21. The van der Waals surface area contributed by atoms with Crippen LogP contribution in [0.1, 0.15) is 51.9 Å². The topological polar surface area (TPSA) is 29.1 Å². The van der Waals surface area contributed by atoms with Crippen molar-refractivity contribution in [1.82, 2.24) is 5.32 Å². The van der Waals surface area contributed by atoms with Gasteiger partial charge in [0.05, 0.1) is 4.83 Å². The van der Waals surface area contributed by atoms with Crippen molar-refractivity contribution in [3.05, 3.63) is 0 Å². The van der Waals surface area contributed by atoms with Crippen molar-refractivity contribution in [1.29, 1.82) is 0 Å². The van der Waals surface area contributed by atoms with Crippen molar-refractivity contribution in [2.75, 3.05) is 6.54 Å². The van der Waals surface area contributed by atoms with Crippen LogP contribution in [0, 0.1) is 17.3 Å². The number of hydrogen-bond acceptors (Lipinski definition) is 1. The molecule has 0 heterocycles. The zero-order chi connectivity index (χ0) is 13.7. The van der Waals surface area contributed by atoms with Crippen molar-refractivity contribution in [2.45, 2.75) is 61.6 Å². The number of rotatable bonds is 4. The summed E-state index contributed by atoms with van der Waals surface area (Å²) in [5.41, 5.74) is 0.294. The first kappa shape index (κ1) is 14.2. The molecular weight excluding hydrogens is 326 g/mol. The van der Waals surface area contributed by atoms with E-state index in [1.54, 1.807) is 0 Å². The highest BCUT2D eigenvalue weighted by Crippen LogP contribution is 2.63. The molecule has 0 aromatic rings. The van der Waals surface area contributed by atoms with Crippen LogP contribution in [-0.4, -0.2) is 22.2 Å². The van der Waals surface area contributed by atoms with Gasteiger partial charge < -0.3 is 5.32 Å². The summed E-state index contributed by atoms with van der Waals surface area (Å²) in [6.45, 7) is 2.85. The Hall–Kier alpha value is 0.240. The Morgan fingerprint density at radius 3 is 2.53 bits per heavy atom. The maximum atomic E-state index is 12.0. The van der Waals surface area contributed by atoms with E-state index in [4.69, 9.17) is 11.6 Å². The summed E-state index contributed by atoms with van der Waals surface area (Å²) >= 11 is 10.2. The van der Waals surface area contributed by atoms with Crippen LogP contribution in [-0.2, 0) is 4.79 Å². The second kappa shape index (κ2) is 4.91. The average Bonchev–Trinajstić information content (AvgIpc) is 2.32. The van der Waals surface area contributed by atoms with Crippen LogP contribution in [0.3, 0.4) is 0 Å². The van der Waals surface area contributed by atoms with Gasteiger partial charge in [0.15, 0.2) is 0 Å². The van der Waals surface area contributed by atoms with Crippen LogP contribution in [0.15, 0.2) is 0 Å². The van der Waals surface area contributed by atoms with Crippen LogP contribution in [0.4, 0.5) is 0 Å². The molecule has 0 aromatic heterocycles. The molecule has 1 amide bonds.